The monoisotopic (exact) mass is 192 g/mol. The maximum Gasteiger partial charge on any atom is 0.0642 e. The zero-order valence-electron chi connectivity index (χ0n) is 7.70. The lowest BCUT2D eigenvalue weighted by Gasteiger charge is -2.14. The van der Waals surface area contributed by atoms with Crippen LogP contribution < -0.4 is 0 Å². The average molecular weight is 192 g/mol. The van der Waals surface area contributed by atoms with Gasteiger partial charge < -0.3 is 4.98 Å². The van der Waals surface area contributed by atoms with E-state index in [4.69, 9.17) is 0 Å². The summed E-state index contributed by atoms with van der Waals surface area (Å²) in [4.78, 5) is 7.35. The van der Waals surface area contributed by atoms with Crippen molar-refractivity contribution in [1.82, 2.24) is 9.97 Å². The number of thiol groups is 1. The van der Waals surface area contributed by atoms with E-state index in [0.29, 0.717) is 0 Å². The van der Waals surface area contributed by atoms with Gasteiger partial charge in [-0.3, -0.25) is 4.98 Å². The van der Waals surface area contributed by atoms with Gasteiger partial charge in [-0.1, -0.05) is 0 Å². The van der Waals surface area contributed by atoms with Crippen LogP contribution in [-0.4, -0.2) is 9.97 Å². The Balaban J connectivity index is 2.63. The zero-order chi connectivity index (χ0) is 9.47. The van der Waals surface area contributed by atoms with Gasteiger partial charge >= 0.3 is 0 Å². The van der Waals surface area contributed by atoms with E-state index in [-0.39, 0.29) is 4.75 Å². The molecule has 2 heterocycles. The normalized spacial score (nSPS) is 12.2. The number of rotatable bonds is 1. The molecule has 0 bridgehead atoms. The van der Waals surface area contributed by atoms with E-state index < -0.39 is 0 Å². The topological polar surface area (TPSA) is 28.7 Å². The average Bonchev–Trinajstić information content (AvgIpc) is 2.45. The minimum Gasteiger partial charge on any atom is -0.356 e. The number of nitrogens with zero attached hydrogens (tertiary/aromatic N) is 1. The first-order valence-corrected chi connectivity index (χ1v) is 4.68. The van der Waals surface area contributed by atoms with Crippen molar-refractivity contribution in [3.05, 3.63) is 30.2 Å². The van der Waals surface area contributed by atoms with Gasteiger partial charge in [0, 0.05) is 22.0 Å². The summed E-state index contributed by atoms with van der Waals surface area (Å²) in [5.74, 6) is 0. The van der Waals surface area contributed by atoms with Gasteiger partial charge in [-0.15, -0.1) is 0 Å². The number of hydrogen-bond donors (Lipinski definition) is 2. The third-order valence-electron chi connectivity index (χ3n) is 2.08. The predicted octanol–water partition coefficient (Wildman–Crippen LogP) is 2.73. The number of aromatic amines is 1. The highest BCUT2D eigenvalue weighted by molar-refractivity contribution is 7.81. The van der Waals surface area contributed by atoms with Crippen molar-refractivity contribution in [1.29, 1.82) is 0 Å². The van der Waals surface area contributed by atoms with Crippen molar-refractivity contribution in [2.45, 2.75) is 18.6 Å². The molecule has 2 aromatic rings. The second kappa shape index (κ2) is 2.77. The zero-order valence-corrected chi connectivity index (χ0v) is 8.60. The highest BCUT2D eigenvalue weighted by Gasteiger charge is 2.16. The van der Waals surface area contributed by atoms with Gasteiger partial charge in [-0.05, 0) is 26.0 Å². The molecule has 0 saturated heterocycles. The molecular weight excluding hydrogens is 180 g/mol. The molecule has 0 aliphatic rings. The smallest absolute Gasteiger partial charge is 0.0642 e. The molecule has 0 radical (unpaired) electrons. The molecule has 2 nitrogen and oxygen atoms in total. The van der Waals surface area contributed by atoms with Crippen LogP contribution in [0.2, 0.25) is 0 Å². The Morgan fingerprint density at radius 2 is 2.23 bits per heavy atom. The quantitative estimate of drug-likeness (QED) is 0.668. The molecule has 2 aromatic heterocycles. The van der Waals surface area contributed by atoms with Crippen LogP contribution in [0.15, 0.2) is 24.5 Å². The van der Waals surface area contributed by atoms with E-state index in [0.717, 1.165) is 11.2 Å². The predicted molar refractivity (Wildman–Crippen MR) is 58.1 cm³/mol. The van der Waals surface area contributed by atoms with Crippen molar-refractivity contribution in [2.75, 3.05) is 0 Å². The molecule has 68 valence electrons. The lowest BCUT2D eigenvalue weighted by molar-refractivity contribution is 0.765. The summed E-state index contributed by atoms with van der Waals surface area (Å²) >= 11 is 4.50. The summed E-state index contributed by atoms with van der Waals surface area (Å²) in [6.45, 7) is 4.13. The van der Waals surface area contributed by atoms with Gasteiger partial charge in [0.1, 0.15) is 0 Å². The first-order chi connectivity index (χ1) is 6.07. The van der Waals surface area contributed by atoms with Gasteiger partial charge in [-0.2, -0.15) is 12.6 Å². The van der Waals surface area contributed by atoms with Crippen LogP contribution in [0.3, 0.4) is 0 Å². The first-order valence-electron chi connectivity index (χ1n) is 4.23. The number of nitrogens with one attached hydrogen (secondary N) is 1. The van der Waals surface area contributed by atoms with E-state index >= 15 is 0 Å². The molecular formula is C10H12N2S. The van der Waals surface area contributed by atoms with E-state index in [1.54, 1.807) is 6.20 Å². The lowest BCUT2D eigenvalue weighted by Crippen LogP contribution is -2.07. The second-order valence-corrected chi connectivity index (χ2v) is 4.82. The summed E-state index contributed by atoms with van der Waals surface area (Å²) in [5, 5.41) is 1.19. The molecule has 0 saturated carbocycles. The number of fused-ring (bicyclic) bond motifs is 1. The summed E-state index contributed by atoms with van der Waals surface area (Å²) in [6.07, 6.45) is 3.63. The van der Waals surface area contributed by atoms with Crippen molar-refractivity contribution in [3.8, 4) is 0 Å². The SMILES string of the molecule is CC(C)(S)c1cc2ccncc2[nH]1. The largest absolute Gasteiger partial charge is 0.356 e. The number of aromatic nitrogens is 2. The Bertz CT molecular complexity index is 393. The van der Waals surface area contributed by atoms with Crippen LogP contribution >= 0.6 is 12.6 Å². The molecule has 0 spiro atoms. The first kappa shape index (κ1) is 8.63. The Labute approximate surface area is 82.8 Å². The summed E-state index contributed by atoms with van der Waals surface area (Å²) in [6, 6.07) is 4.11. The van der Waals surface area contributed by atoms with Crippen molar-refractivity contribution in [2.24, 2.45) is 0 Å². The molecule has 2 rings (SSSR count). The molecule has 3 heteroatoms. The fourth-order valence-corrected chi connectivity index (χ4v) is 1.42. The molecule has 0 aliphatic heterocycles. The second-order valence-electron chi connectivity index (χ2n) is 3.70. The molecule has 0 unspecified atom stereocenters. The van der Waals surface area contributed by atoms with E-state index in [2.05, 4.69) is 42.5 Å². The minimum atomic E-state index is -0.126. The molecule has 0 fully saturated rings. The van der Waals surface area contributed by atoms with E-state index in [1.165, 1.54) is 5.39 Å². The lowest BCUT2D eigenvalue weighted by atomic mass is 10.1. The molecule has 1 N–H and O–H groups in total. The fraction of sp³-hybridized carbons (Fsp3) is 0.300. The fourth-order valence-electron chi connectivity index (χ4n) is 1.30. The highest BCUT2D eigenvalue weighted by atomic mass is 32.1. The molecule has 0 aromatic carbocycles. The van der Waals surface area contributed by atoms with Crippen LogP contribution in [0, 0.1) is 0 Å². The van der Waals surface area contributed by atoms with Crippen LogP contribution in [0.25, 0.3) is 10.9 Å². The van der Waals surface area contributed by atoms with Crippen molar-refractivity contribution < 1.29 is 0 Å². The van der Waals surface area contributed by atoms with Crippen LogP contribution in [0.5, 0.6) is 0 Å². The Hall–Kier alpha value is -0.960. The Kier molecular flexibility index (Phi) is 1.84. The number of hydrogen-bond acceptors (Lipinski definition) is 2. The third-order valence-corrected chi connectivity index (χ3v) is 2.32. The third kappa shape index (κ3) is 1.56. The van der Waals surface area contributed by atoms with Crippen LogP contribution in [0.4, 0.5) is 0 Å². The minimum absolute atomic E-state index is 0.126. The van der Waals surface area contributed by atoms with Gasteiger partial charge in [0.25, 0.3) is 0 Å². The summed E-state index contributed by atoms with van der Waals surface area (Å²) in [5.41, 5.74) is 2.19. The summed E-state index contributed by atoms with van der Waals surface area (Å²) < 4.78 is -0.126. The van der Waals surface area contributed by atoms with Crippen molar-refractivity contribution in [3.63, 3.8) is 0 Å². The number of pyridine rings is 1. The van der Waals surface area contributed by atoms with Crippen LogP contribution in [-0.2, 0) is 4.75 Å². The summed E-state index contributed by atoms with van der Waals surface area (Å²) in [7, 11) is 0. The van der Waals surface area contributed by atoms with Gasteiger partial charge in [-0.25, -0.2) is 0 Å². The molecule has 13 heavy (non-hydrogen) atoms. The molecule has 0 atom stereocenters. The van der Waals surface area contributed by atoms with Gasteiger partial charge in [0.05, 0.1) is 11.7 Å². The Morgan fingerprint density at radius 1 is 1.46 bits per heavy atom. The van der Waals surface area contributed by atoms with E-state index in [9.17, 15) is 0 Å². The number of H-pyrrole nitrogens is 1. The van der Waals surface area contributed by atoms with Crippen molar-refractivity contribution >= 4 is 23.5 Å². The standard InChI is InChI=1S/C10H12N2S/c1-10(2,13)9-5-7-3-4-11-6-8(7)12-9/h3-6,12-13H,1-2H3. The van der Waals surface area contributed by atoms with Gasteiger partial charge in [0.15, 0.2) is 0 Å². The maximum absolute atomic E-state index is 4.50. The van der Waals surface area contributed by atoms with Crippen LogP contribution in [0.1, 0.15) is 19.5 Å². The van der Waals surface area contributed by atoms with E-state index in [1.807, 2.05) is 12.3 Å². The Morgan fingerprint density at radius 3 is 2.85 bits per heavy atom. The highest BCUT2D eigenvalue weighted by Crippen LogP contribution is 2.28. The van der Waals surface area contributed by atoms with Gasteiger partial charge in [0.2, 0.25) is 0 Å². The molecule has 0 aliphatic carbocycles. The maximum atomic E-state index is 4.50. The molecule has 0 amide bonds.